The standard InChI is InChI=1S/C18H21N3O5S3/c1-4-9-21-15-6-5-14(28(2,23)24)12-16(15)27-18(21)19-17(22)13-7-10-20(11-8-13)29(3,25)26/h1,5-6,12-13H,7-11H2,2-3H3. The van der Waals surface area contributed by atoms with Crippen LogP contribution in [0.5, 0.6) is 0 Å². The third kappa shape index (κ3) is 4.78. The Kier molecular flexibility index (Phi) is 6.01. The van der Waals surface area contributed by atoms with Crippen molar-refractivity contribution < 1.29 is 21.6 Å². The van der Waals surface area contributed by atoms with E-state index in [2.05, 4.69) is 10.9 Å². The van der Waals surface area contributed by atoms with Crippen LogP contribution in [0, 0.1) is 18.3 Å². The fourth-order valence-corrected chi connectivity index (χ4v) is 5.90. The van der Waals surface area contributed by atoms with Gasteiger partial charge < -0.3 is 4.57 Å². The summed E-state index contributed by atoms with van der Waals surface area (Å²) in [6.45, 7) is 0.773. The Hall–Kier alpha value is -2.00. The molecule has 2 aromatic rings. The molecule has 29 heavy (non-hydrogen) atoms. The smallest absolute Gasteiger partial charge is 0.251 e. The highest BCUT2D eigenvalue weighted by Crippen LogP contribution is 2.23. The van der Waals surface area contributed by atoms with Gasteiger partial charge >= 0.3 is 0 Å². The number of sulfone groups is 1. The molecule has 3 rings (SSSR count). The molecular formula is C18H21N3O5S3. The summed E-state index contributed by atoms with van der Waals surface area (Å²) in [5.41, 5.74) is 0.707. The Morgan fingerprint density at radius 2 is 1.90 bits per heavy atom. The lowest BCUT2D eigenvalue weighted by Gasteiger charge is -2.28. The van der Waals surface area contributed by atoms with Crippen LogP contribution in [0.15, 0.2) is 28.1 Å². The maximum Gasteiger partial charge on any atom is 0.251 e. The molecule has 0 saturated carbocycles. The van der Waals surface area contributed by atoms with Gasteiger partial charge in [-0.3, -0.25) is 4.79 Å². The third-order valence-electron chi connectivity index (χ3n) is 4.81. The number of benzene rings is 1. The van der Waals surface area contributed by atoms with Crippen molar-refractivity contribution in [3.05, 3.63) is 23.0 Å². The summed E-state index contributed by atoms with van der Waals surface area (Å²) >= 11 is 1.20. The first kappa shape index (κ1) is 21.7. The van der Waals surface area contributed by atoms with Crippen LogP contribution in [0.3, 0.4) is 0 Å². The molecule has 1 amide bonds. The molecule has 2 heterocycles. The SMILES string of the molecule is C#CCn1c(=NC(=O)C2CCN(S(C)(=O)=O)CC2)sc2cc(S(C)(=O)=O)ccc21. The molecule has 8 nitrogen and oxygen atoms in total. The zero-order chi connectivity index (χ0) is 21.4. The highest BCUT2D eigenvalue weighted by atomic mass is 32.2. The van der Waals surface area contributed by atoms with Crippen molar-refractivity contribution in [2.24, 2.45) is 10.9 Å². The van der Waals surface area contributed by atoms with Crippen molar-refractivity contribution in [1.82, 2.24) is 8.87 Å². The molecule has 0 bridgehead atoms. The van der Waals surface area contributed by atoms with Crippen LogP contribution in [0.1, 0.15) is 12.8 Å². The van der Waals surface area contributed by atoms with Gasteiger partial charge in [0.25, 0.3) is 5.91 Å². The number of aromatic nitrogens is 1. The van der Waals surface area contributed by atoms with E-state index in [1.165, 1.54) is 21.7 Å². The largest absolute Gasteiger partial charge is 0.305 e. The molecule has 1 aliphatic rings. The van der Waals surface area contributed by atoms with Gasteiger partial charge in [-0.05, 0) is 31.0 Å². The van der Waals surface area contributed by atoms with Crippen LogP contribution in [0.2, 0.25) is 0 Å². The predicted octanol–water partition coefficient (Wildman–Crippen LogP) is 0.838. The minimum absolute atomic E-state index is 0.185. The maximum absolute atomic E-state index is 12.7. The summed E-state index contributed by atoms with van der Waals surface area (Å²) in [4.78, 5) is 17.5. The number of terminal acetylenes is 1. The predicted molar refractivity (Wildman–Crippen MR) is 111 cm³/mol. The van der Waals surface area contributed by atoms with E-state index >= 15 is 0 Å². The second-order valence-electron chi connectivity index (χ2n) is 6.96. The molecule has 1 saturated heterocycles. The summed E-state index contributed by atoms with van der Waals surface area (Å²) in [5.74, 6) is 1.85. The van der Waals surface area contributed by atoms with E-state index in [4.69, 9.17) is 6.42 Å². The van der Waals surface area contributed by atoms with Crippen LogP contribution in [0.25, 0.3) is 10.2 Å². The van der Waals surface area contributed by atoms with E-state index in [1.54, 1.807) is 16.7 Å². The number of fused-ring (bicyclic) bond motifs is 1. The highest BCUT2D eigenvalue weighted by Gasteiger charge is 2.29. The highest BCUT2D eigenvalue weighted by molar-refractivity contribution is 7.90. The molecule has 1 aromatic heterocycles. The zero-order valence-electron chi connectivity index (χ0n) is 16.0. The van der Waals surface area contributed by atoms with Gasteiger partial charge in [-0.1, -0.05) is 17.3 Å². The van der Waals surface area contributed by atoms with Crippen molar-refractivity contribution in [1.29, 1.82) is 0 Å². The van der Waals surface area contributed by atoms with Gasteiger partial charge in [0.15, 0.2) is 14.6 Å². The van der Waals surface area contributed by atoms with E-state index < -0.39 is 19.9 Å². The molecule has 0 spiro atoms. The first-order chi connectivity index (χ1) is 13.5. The monoisotopic (exact) mass is 455 g/mol. The van der Waals surface area contributed by atoms with Gasteiger partial charge in [-0.2, -0.15) is 4.99 Å². The van der Waals surface area contributed by atoms with Crippen molar-refractivity contribution in [3.8, 4) is 12.3 Å². The van der Waals surface area contributed by atoms with Crippen molar-refractivity contribution >= 4 is 47.3 Å². The molecule has 11 heteroatoms. The number of rotatable bonds is 4. The summed E-state index contributed by atoms with van der Waals surface area (Å²) in [6, 6.07) is 4.72. The first-order valence-corrected chi connectivity index (χ1v) is 13.4. The fourth-order valence-electron chi connectivity index (χ4n) is 3.23. The average Bonchev–Trinajstić information content (AvgIpc) is 2.97. The summed E-state index contributed by atoms with van der Waals surface area (Å²) in [7, 11) is -6.63. The van der Waals surface area contributed by atoms with Crippen molar-refractivity contribution in [2.75, 3.05) is 25.6 Å². The topological polar surface area (TPSA) is 106 Å². The lowest BCUT2D eigenvalue weighted by atomic mass is 9.98. The van der Waals surface area contributed by atoms with Gasteiger partial charge in [0.1, 0.15) is 0 Å². The van der Waals surface area contributed by atoms with E-state index in [0.717, 1.165) is 12.5 Å². The van der Waals surface area contributed by atoms with Gasteiger partial charge in [-0.15, -0.1) is 6.42 Å². The number of amides is 1. The van der Waals surface area contributed by atoms with E-state index in [9.17, 15) is 21.6 Å². The summed E-state index contributed by atoms with van der Waals surface area (Å²) < 4.78 is 50.6. The van der Waals surface area contributed by atoms with E-state index in [1.807, 2.05) is 0 Å². The Morgan fingerprint density at radius 3 is 2.45 bits per heavy atom. The minimum Gasteiger partial charge on any atom is -0.305 e. The normalized spacial score (nSPS) is 17.5. The second-order valence-corrected chi connectivity index (χ2v) is 12.0. The van der Waals surface area contributed by atoms with Crippen LogP contribution < -0.4 is 4.80 Å². The van der Waals surface area contributed by atoms with E-state index in [0.29, 0.717) is 40.9 Å². The van der Waals surface area contributed by atoms with Crippen LogP contribution in [0.4, 0.5) is 0 Å². The maximum atomic E-state index is 12.7. The Morgan fingerprint density at radius 1 is 1.24 bits per heavy atom. The molecular weight excluding hydrogens is 434 g/mol. The lowest BCUT2D eigenvalue weighted by Crippen LogP contribution is -2.39. The number of sulfonamides is 1. The molecule has 156 valence electrons. The summed E-state index contributed by atoms with van der Waals surface area (Å²) in [6.07, 6.45) is 8.57. The second kappa shape index (κ2) is 8.02. The van der Waals surface area contributed by atoms with E-state index in [-0.39, 0.29) is 23.3 Å². The molecule has 0 atom stereocenters. The zero-order valence-corrected chi connectivity index (χ0v) is 18.5. The van der Waals surface area contributed by atoms with Gasteiger partial charge in [0.05, 0.1) is 27.9 Å². The van der Waals surface area contributed by atoms with Gasteiger partial charge in [-0.25, -0.2) is 21.1 Å². The number of nitrogens with zero attached hydrogens (tertiary/aromatic N) is 3. The van der Waals surface area contributed by atoms with Crippen LogP contribution in [-0.4, -0.2) is 57.2 Å². The molecule has 0 radical (unpaired) electrons. The Labute approximate surface area is 173 Å². The number of hydrogen-bond acceptors (Lipinski definition) is 6. The quantitative estimate of drug-likeness (QED) is 0.635. The van der Waals surface area contributed by atoms with Gasteiger partial charge in [0.2, 0.25) is 10.0 Å². The first-order valence-electron chi connectivity index (χ1n) is 8.81. The number of thiazole rings is 1. The van der Waals surface area contributed by atoms with Crippen molar-refractivity contribution in [3.63, 3.8) is 0 Å². The minimum atomic E-state index is -3.36. The molecule has 1 fully saturated rings. The average molecular weight is 456 g/mol. The van der Waals surface area contributed by atoms with Crippen LogP contribution >= 0.6 is 11.3 Å². The number of piperidine rings is 1. The Balaban J connectivity index is 1.96. The molecule has 1 aliphatic heterocycles. The number of hydrogen-bond donors (Lipinski definition) is 0. The van der Waals surface area contributed by atoms with Gasteiger partial charge in [0, 0.05) is 25.3 Å². The molecule has 1 aromatic carbocycles. The molecule has 0 N–H and O–H groups in total. The number of carbonyl (C=O) groups excluding carboxylic acids is 1. The summed E-state index contributed by atoms with van der Waals surface area (Å²) in [5, 5.41) is 0. The van der Waals surface area contributed by atoms with Crippen molar-refractivity contribution in [2.45, 2.75) is 24.3 Å². The third-order valence-corrected chi connectivity index (χ3v) is 8.26. The number of carbonyl (C=O) groups is 1. The fraction of sp³-hybridized carbons (Fsp3) is 0.444. The molecule has 0 aliphatic carbocycles. The molecule has 0 unspecified atom stereocenters. The Bertz CT molecular complexity index is 1270. The van der Waals surface area contributed by atoms with Crippen LogP contribution in [-0.2, 0) is 31.2 Å². The lowest BCUT2D eigenvalue weighted by molar-refractivity contribution is -0.122.